The number of carbonyl (C=O) groups is 2. The van der Waals surface area contributed by atoms with Crippen LogP contribution in [0.25, 0.3) is 22.6 Å². The first-order valence-electron chi connectivity index (χ1n) is 8.10. The molecule has 0 amide bonds. The number of esters is 1. The van der Waals surface area contributed by atoms with Crippen LogP contribution in [0, 0.1) is 0 Å². The van der Waals surface area contributed by atoms with Crippen molar-refractivity contribution in [3.8, 4) is 0 Å². The van der Waals surface area contributed by atoms with Crippen molar-refractivity contribution in [3.05, 3.63) is 69.3 Å². The van der Waals surface area contributed by atoms with Crippen LogP contribution < -0.4 is 0 Å². The van der Waals surface area contributed by atoms with Gasteiger partial charge in [-0.2, -0.15) is 0 Å². The summed E-state index contributed by atoms with van der Waals surface area (Å²) in [5.74, 6) is -1.74. The van der Waals surface area contributed by atoms with Crippen LogP contribution in [0.1, 0.15) is 28.5 Å². The largest absolute Gasteiger partial charge is 0.478 e. The number of halogens is 2. The summed E-state index contributed by atoms with van der Waals surface area (Å²) in [7, 11) is 0. The Morgan fingerprint density at radius 2 is 1.89 bits per heavy atom. The number of carboxylic acids is 1. The Morgan fingerprint density at radius 1 is 1.19 bits per heavy atom. The highest BCUT2D eigenvalue weighted by molar-refractivity contribution is 6.39. The van der Waals surface area contributed by atoms with Crippen molar-refractivity contribution in [2.75, 3.05) is 6.61 Å². The second-order valence-corrected chi connectivity index (χ2v) is 6.52. The van der Waals surface area contributed by atoms with Gasteiger partial charge in [-0.3, -0.25) is 0 Å². The lowest BCUT2D eigenvalue weighted by molar-refractivity contribution is -0.130. The molecule has 0 aliphatic rings. The molecule has 0 radical (unpaired) electrons. The van der Waals surface area contributed by atoms with Crippen LogP contribution in [0.2, 0.25) is 10.0 Å². The van der Waals surface area contributed by atoms with E-state index in [1.54, 1.807) is 43.3 Å². The predicted octanol–water partition coefficient (Wildman–Crippen LogP) is 5.28. The average molecular weight is 404 g/mol. The minimum atomic E-state index is -1.13. The first-order valence-corrected chi connectivity index (χ1v) is 8.86. The number of aromatic nitrogens is 1. The molecule has 0 aliphatic heterocycles. The van der Waals surface area contributed by atoms with E-state index in [1.165, 1.54) is 12.1 Å². The Bertz CT molecular complexity index is 1050. The Hall–Kier alpha value is -2.76. The van der Waals surface area contributed by atoms with Crippen molar-refractivity contribution >= 4 is 57.7 Å². The third-order valence-electron chi connectivity index (χ3n) is 3.94. The molecule has 0 bridgehead atoms. The number of carboxylic acid groups (broad SMARTS) is 1. The lowest BCUT2D eigenvalue weighted by Gasteiger charge is -2.05. The molecular weight excluding hydrogens is 389 g/mol. The molecule has 0 atom stereocenters. The van der Waals surface area contributed by atoms with Crippen molar-refractivity contribution < 1.29 is 19.4 Å². The van der Waals surface area contributed by atoms with E-state index in [9.17, 15) is 14.7 Å². The number of hydrogen-bond acceptors (Lipinski definition) is 3. The highest BCUT2D eigenvalue weighted by atomic mass is 35.5. The summed E-state index contributed by atoms with van der Waals surface area (Å²) in [5.41, 5.74) is 1.49. The fraction of sp³-hybridized carbons (Fsp3) is 0.100. The maximum atomic E-state index is 12.4. The van der Waals surface area contributed by atoms with E-state index in [0.29, 0.717) is 32.1 Å². The molecule has 27 heavy (non-hydrogen) atoms. The van der Waals surface area contributed by atoms with E-state index in [-0.39, 0.29) is 17.9 Å². The zero-order chi connectivity index (χ0) is 19.6. The molecule has 0 saturated heterocycles. The number of fused-ring (bicyclic) bond motifs is 1. The van der Waals surface area contributed by atoms with E-state index < -0.39 is 11.9 Å². The SMILES string of the molecule is CCOC(=O)c1[nH]c2cc(Cl)cc(Cl)c2c1/C=C(\C(=O)O)c1ccccc1. The number of ether oxygens (including phenoxy) is 1. The van der Waals surface area contributed by atoms with Crippen molar-refractivity contribution in [3.63, 3.8) is 0 Å². The van der Waals surface area contributed by atoms with Gasteiger partial charge in [0.2, 0.25) is 0 Å². The minimum Gasteiger partial charge on any atom is -0.478 e. The highest BCUT2D eigenvalue weighted by Gasteiger charge is 2.22. The van der Waals surface area contributed by atoms with Crippen LogP contribution in [0.15, 0.2) is 42.5 Å². The van der Waals surface area contributed by atoms with Crippen LogP contribution in [-0.2, 0) is 9.53 Å². The minimum absolute atomic E-state index is 0.0214. The zero-order valence-corrected chi connectivity index (χ0v) is 15.8. The third-order valence-corrected chi connectivity index (χ3v) is 4.45. The predicted molar refractivity (Wildman–Crippen MR) is 106 cm³/mol. The van der Waals surface area contributed by atoms with Crippen molar-refractivity contribution in [1.82, 2.24) is 4.98 Å². The second kappa shape index (κ2) is 7.86. The molecular formula is C20H15Cl2NO4. The van der Waals surface area contributed by atoms with E-state index in [1.807, 2.05) is 0 Å². The molecule has 3 aromatic rings. The number of nitrogens with one attached hydrogen (secondary N) is 1. The van der Waals surface area contributed by atoms with E-state index in [2.05, 4.69) is 4.98 Å². The Balaban J connectivity index is 2.32. The highest BCUT2D eigenvalue weighted by Crippen LogP contribution is 2.35. The summed E-state index contributed by atoms with van der Waals surface area (Å²) in [4.78, 5) is 27.2. The summed E-state index contributed by atoms with van der Waals surface area (Å²) in [6.45, 7) is 1.86. The van der Waals surface area contributed by atoms with Gasteiger partial charge in [-0.15, -0.1) is 0 Å². The number of benzene rings is 2. The van der Waals surface area contributed by atoms with Gasteiger partial charge in [-0.05, 0) is 30.7 Å². The van der Waals surface area contributed by atoms with Gasteiger partial charge in [0.05, 0.1) is 17.2 Å². The second-order valence-electron chi connectivity index (χ2n) is 5.67. The van der Waals surface area contributed by atoms with Crippen LogP contribution in [0.3, 0.4) is 0 Å². The fourth-order valence-electron chi connectivity index (χ4n) is 2.81. The quantitative estimate of drug-likeness (QED) is 0.448. The maximum Gasteiger partial charge on any atom is 0.355 e. The summed E-state index contributed by atoms with van der Waals surface area (Å²) < 4.78 is 5.09. The molecule has 138 valence electrons. The molecule has 1 aromatic heterocycles. The summed E-state index contributed by atoms with van der Waals surface area (Å²) in [5, 5.41) is 10.9. The van der Waals surface area contributed by atoms with Crippen molar-refractivity contribution in [2.45, 2.75) is 6.92 Å². The van der Waals surface area contributed by atoms with E-state index in [4.69, 9.17) is 27.9 Å². The Morgan fingerprint density at radius 3 is 2.52 bits per heavy atom. The summed E-state index contributed by atoms with van der Waals surface area (Å²) in [6.07, 6.45) is 1.42. The van der Waals surface area contributed by atoms with Gasteiger partial charge < -0.3 is 14.8 Å². The van der Waals surface area contributed by atoms with Crippen molar-refractivity contribution in [2.24, 2.45) is 0 Å². The molecule has 5 nitrogen and oxygen atoms in total. The number of H-pyrrole nitrogens is 1. The first kappa shape index (κ1) is 19.0. The number of aliphatic carboxylic acids is 1. The monoisotopic (exact) mass is 403 g/mol. The topological polar surface area (TPSA) is 79.4 Å². The number of hydrogen-bond donors (Lipinski definition) is 2. The van der Waals surface area contributed by atoms with E-state index >= 15 is 0 Å². The standard InChI is InChI=1S/C20H15Cl2NO4/c1-2-27-20(26)18-14(17-15(22)8-12(21)9-16(17)23-18)10-13(19(24)25)11-6-4-3-5-7-11/h3-10,23H,2H2,1H3,(H,24,25)/b13-10-. The molecule has 7 heteroatoms. The average Bonchev–Trinajstić information content (AvgIpc) is 2.99. The molecule has 0 aliphatic carbocycles. The molecule has 3 rings (SSSR count). The normalized spacial score (nSPS) is 11.6. The number of aromatic amines is 1. The molecule has 0 unspecified atom stereocenters. The van der Waals surface area contributed by atoms with Crippen LogP contribution in [0.4, 0.5) is 0 Å². The Kier molecular flexibility index (Phi) is 5.54. The van der Waals surface area contributed by atoms with Gasteiger partial charge >= 0.3 is 11.9 Å². The van der Waals surface area contributed by atoms with Gasteiger partial charge in [-0.1, -0.05) is 53.5 Å². The lowest BCUT2D eigenvalue weighted by Crippen LogP contribution is -2.07. The first-order chi connectivity index (χ1) is 12.9. The fourth-order valence-corrected chi connectivity index (χ4v) is 3.41. The van der Waals surface area contributed by atoms with Gasteiger partial charge in [0.25, 0.3) is 0 Å². The molecule has 2 N–H and O–H groups in total. The van der Waals surface area contributed by atoms with Crippen LogP contribution >= 0.6 is 23.2 Å². The van der Waals surface area contributed by atoms with Gasteiger partial charge in [0.1, 0.15) is 5.69 Å². The molecule has 0 saturated carbocycles. The zero-order valence-electron chi connectivity index (χ0n) is 14.3. The Labute approximate surface area is 165 Å². The van der Waals surface area contributed by atoms with Crippen LogP contribution in [-0.4, -0.2) is 28.6 Å². The van der Waals surface area contributed by atoms with Gasteiger partial charge in [-0.25, -0.2) is 9.59 Å². The van der Waals surface area contributed by atoms with Crippen LogP contribution in [0.5, 0.6) is 0 Å². The molecule has 2 aromatic carbocycles. The van der Waals surface area contributed by atoms with Gasteiger partial charge in [0.15, 0.2) is 0 Å². The summed E-state index contributed by atoms with van der Waals surface area (Å²) >= 11 is 12.4. The van der Waals surface area contributed by atoms with Crippen molar-refractivity contribution in [1.29, 1.82) is 0 Å². The van der Waals surface area contributed by atoms with E-state index in [0.717, 1.165) is 0 Å². The number of rotatable bonds is 5. The molecule has 0 fully saturated rings. The smallest absolute Gasteiger partial charge is 0.355 e. The molecule has 1 heterocycles. The number of carbonyl (C=O) groups excluding carboxylic acids is 1. The lowest BCUT2D eigenvalue weighted by atomic mass is 10.0. The third kappa shape index (κ3) is 3.84. The molecule has 0 spiro atoms. The van der Waals surface area contributed by atoms with Gasteiger partial charge in [0, 0.05) is 21.5 Å². The maximum absolute atomic E-state index is 12.4. The summed E-state index contributed by atoms with van der Waals surface area (Å²) in [6, 6.07) is 11.8.